The molecular weight excluding hydrogens is 342 g/mol. The molecule has 0 radical (unpaired) electrons. The van der Waals surface area contributed by atoms with Crippen molar-refractivity contribution in [3.05, 3.63) is 63.7 Å². The number of anilines is 1. The zero-order valence-electron chi connectivity index (χ0n) is 13.6. The zero-order valence-corrected chi connectivity index (χ0v) is 13.6. The first-order chi connectivity index (χ1) is 12.4. The number of amides is 3. The van der Waals surface area contributed by atoms with Crippen LogP contribution in [0.15, 0.2) is 42.5 Å². The molecule has 2 aromatic carbocycles. The van der Waals surface area contributed by atoms with E-state index in [2.05, 4.69) is 5.32 Å². The summed E-state index contributed by atoms with van der Waals surface area (Å²) < 4.78 is 5.05. The summed E-state index contributed by atoms with van der Waals surface area (Å²) in [6, 6.07) is 10.3. The fraction of sp³-hybridized carbons (Fsp3) is 0.118. The van der Waals surface area contributed by atoms with E-state index in [0.29, 0.717) is 16.3 Å². The standard InChI is InChI=1S/C17H13N3O6/c1-26-11-5-2-4-10(8-11)18-14(21)9-19-16(22)12-6-3-7-13(20(24)25)15(12)17(19)23/h2-8H,9H2,1H3,(H,18,21). The smallest absolute Gasteiger partial charge is 0.282 e. The highest BCUT2D eigenvalue weighted by molar-refractivity contribution is 6.24. The first-order valence-corrected chi connectivity index (χ1v) is 7.50. The van der Waals surface area contributed by atoms with Crippen LogP contribution >= 0.6 is 0 Å². The number of imide groups is 1. The zero-order chi connectivity index (χ0) is 18.8. The molecule has 0 saturated carbocycles. The van der Waals surface area contributed by atoms with Crippen molar-refractivity contribution in [2.45, 2.75) is 0 Å². The number of hydrogen-bond acceptors (Lipinski definition) is 6. The van der Waals surface area contributed by atoms with Crippen molar-refractivity contribution in [2.24, 2.45) is 0 Å². The summed E-state index contributed by atoms with van der Waals surface area (Å²) >= 11 is 0. The SMILES string of the molecule is COc1cccc(NC(=O)CN2C(=O)c3cccc([N+](=O)[O-])c3C2=O)c1. The first kappa shape index (κ1) is 17.1. The van der Waals surface area contributed by atoms with Crippen LogP contribution in [0.4, 0.5) is 11.4 Å². The molecule has 0 saturated heterocycles. The van der Waals surface area contributed by atoms with Gasteiger partial charge in [-0.25, -0.2) is 0 Å². The van der Waals surface area contributed by atoms with Crippen LogP contribution in [0.5, 0.6) is 5.75 Å². The largest absolute Gasteiger partial charge is 0.497 e. The molecule has 1 aliphatic heterocycles. The van der Waals surface area contributed by atoms with Crippen molar-refractivity contribution in [1.82, 2.24) is 4.90 Å². The Morgan fingerprint density at radius 3 is 2.62 bits per heavy atom. The van der Waals surface area contributed by atoms with Crippen LogP contribution in [0.2, 0.25) is 0 Å². The van der Waals surface area contributed by atoms with Gasteiger partial charge in [-0.3, -0.25) is 29.4 Å². The highest BCUT2D eigenvalue weighted by atomic mass is 16.6. The van der Waals surface area contributed by atoms with Gasteiger partial charge in [0.05, 0.1) is 17.6 Å². The molecule has 132 valence electrons. The summed E-state index contributed by atoms with van der Waals surface area (Å²) in [5.41, 5.74) is -0.413. The van der Waals surface area contributed by atoms with Crippen LogP contribution in [0.25, 0.3) is 0 Å². The number of ether oxygens (including phenoxy) is 1. The monoisotopic (exact) mass is 355 g/mol. The summed E-state index contributed by atoms with van der Waals surface area (Å²) in [5.74, 6) is -1.69. The van der Waals surface area contributed by atoms with Crippen molar-refractivity contribution in [3.8, 4) is 5.75 Å². The highest BCUT2D eigenvalue weighted by Crippen LogP contribution is 2.30. The summed E-state index contributed by atoms with van der Waals surface area (Å²) in [6.07, 6.45) is 0. The Hall–Kier alpha value is -3.75. The Labute approximate surface area is 147 Å². The van der Waals surface area contributed by atoms with E-state index in [1.807, 2.05) is 0 Å². The van der Waals surface area contributed by atoms with Crippen molar-refractivity contribution < 1.29 is 24.0 Å². The summed E-state index contributed by atoms with van der Waals surface area (Å²) in [7, 11) is 1.48. The maximum Gasteiger partial charge on any atom is 0.282 e. The van der Waals surface area contributed by atoms with Crippen molar-refractivity contribution >= 4 is 29.1 Å². The van der Waals surface area contributed by atoms with Gasteiger partial charge >= 0.3 is 0 Å². The van der Waals surface area contributed by atoms with Gasteiger partial charge in [0, 0.05) is 17.8 Å². The molecule has 0 fully saturated rings. The number of nitro groups is 1. The van der Waals surface area contributed by atoms with Crippen LogP contribution < -0.4 is 10.1 Å². The lowest BCUT2D eigenvalue weighted by atomic mass is 10.1. The third-order valence-electron chi connectivity index (χ3n) is 3.83. The van der Waals surface area contributed by atoms with Gasteiger partial charge in [0.25, 0.3) is 17.5 Å². The van der Waals surface area contributed by atoms with E-state index in [1.54, 1.807) is 24.3 Å². The molecule has 26 heavy (non-hydrogen) atoms. The molecular formula is C17H13N3O6. The number of benzene rings is 2. The van der Waals surface area contributed by atoms with Gasteiger partial charge in [-0.2, -0.15) is 0 Å². The van der Waals surface area contributed by atoms with Crippen LogP contribution in [0, 0.1) is 10.1 Å². The summed E-state index contributed by atoms with van der Waals surface area (Å²) in [4.78, 5) is 48.0. The fourth-order valence-corrected chi connectivity index (χ4v) is 2.66. The maximum absolute atomic E-state index is 12.4. The molecule has 0 aliphatic carbocycles. The molecule has 3 rings (SSSR count). The van der Waals surface area contributed by atoms with E-state index in [1.165, 1.54) is 19.2 Å². The predicted octanol–water partition coefficient (Wildman–Crippen LogP) is 1.84. The van der Waals surface area contributed by atoms with E-state index >= 15 is 0 Å². The van der Waals surface area contributed by atoms with Gasteiger partial charge in [-0.05, 0) is 18.2 Å². The number of nitrogens with one attached hydrogen (secondary N) is 1. The van der Waals surface area contributed by atoms with E-state index in [4.69, 9.17) is 4.74 Å². The quantitative estimate of drug-likeness (QED) is 0.496. The molecule has 0 atom stereocenters. The highest BCUT2D eigenvalue weighted by Gasteiger charge is 2.41. The number of methoxy groups -OCH3 is 1. The molecule has 9 heteroatoms. The predicted molar refractivity (Wildman–Crippen MR) is 90.1 cm³/mol. The first-order valence-electron chi connectivity index (χ1n) is 7.50. The lowest BCUT2D eigenvalue weighted by Gasteiger charge is -2.13. The number of nitro benzene ring substituents is 1. The molecule has 1 N–H and O–H groups in total. The van der Waals surface area contributed by atoms with Crippen molar-refractivity contribution in [2.75, 3.05) is 19.0 Å². The van der Waals surface area contributed by atoms with Crippen LogP contribution in [0.1, 0.15) is 20.7 Å². The molecule has 0 spiro atoms. The lowest BCUT2D eigenvalue weighted by molar-refractivity contribution is -0.385. The van der Waals surface area contributed by atoms with Gasteiger partial charge in [-0.1, -0.05) is 12.1 Å². The Kier molecular flexibility index (Phi) is 4.36. The number of nitrogens with zero attached hydrogens (tertiary/aromatic N) is 2. The van der Waals surface area contributed by atoms with Crippen LogP contribution in [0.3, 0.4) is 0 Å². The van der Waals surface area contributed by atoms with E-state index in [0.717, 1.165) is 6.07 Å². The second kappa shape index (κ2) is 6.63. The second-order valence-electron chi connectivity index (χ2n) is 5.43. The number of rotatable bonds is 5. The van der Waals surface area contributed by atoms with E-state index in [-0.39, 0.29) is 11.1 Å². The molecule has 1 heterocycles. The van der Waals surface area contributed by atoms with Crippen molar-refractivity contribution in [3.63, 3.8) is 0 Å². The number of carbonyl (C=O) groups is 3. The summed E-state index contributed by atoms with van der Waals surface area (Å²) in [5, 5.41) is 13.6. The summed E-state index contributed by atoms with van der Waals surface area (Å²) in [6.45, 7) is -0.555. The van der Waals surface area contributed by atoms with Crippen LogP contribution in [-0.2, 0) is 4.79 Å². The number of fused-ring (bicyclic) bond motifs is 1. The van der Waals surface area contributed by atoms with Gasteiger partial charge < -0.3 is 10.1 Å². The topological polar surface area (TPSA) is 119 Å². The lowest BCUT2D eigenvalue weighted by Crippen LogP contribution is -2.37. The maximum atomic E-state index is 12.4. The Balaban J connectivity index is 1.79. The van der Waals surface area contributed by atoms with Crippen molar-refractivity contribution in [1.29, 1.82) is 0 Å². The average Bonchev–Trinajstić information content (AvgIpc) is 2.86. The minimum absolute atomic E-state index is 0.0848. The number of carbonyl (C=O) groups excluding carboxylic acids is 3. The van der Waals surface area contributed by atoms with Crippen LogP contribution in [-0.4, -0.2) is 41.2 Å². The second-order valence-corrected chi connectivity index (χ2v) is 5.43. The molecule has 0 aromatic heterocycles. The van der Waals surface area contributed by atoms with E-state index in [9.17, 15) is 24.5 Å². The molecule has 9 nitrogen and oxygen atoms in total. The Morgan fingerprint density at radius 2 is 1.92 bits per heavy atom. The van der Waals surface area contributed by atoms with Gasteiger partial charge in [0.1, 0.15) is 17.9 Å². The minimum Gasteiger partial charge on any atom is -0.497 e. The van der Waals surface area contributed by atoms with Gasteiger partial charge in [0.2, 0.25) is 5.91 Å². The van der Waals surface area contributed by atoms with Gasteiger partial charge in [-0.15, -0.1) is 0 Å². The molecule has 1 aliphatic rings. The third-order valence-corrected chi connectivity index (χ3v) is 3.83. The number of hydrogen-bond donors (Lipinski definition) is 1. The molecule has 0 bridgehead atoms. The van der Waals surface area contributed by atoms with Gasteiger partial charge in [0.15, 0.2) is 0 Å². The molecule has 3 amide bonds. The normalized spacial score (nSPS) is 12.7. The van der Waals surface area contributed by atoms with E-state index < -0.39 is 34.9 Å². The Morgan fingerprint density at radius 1 is 1.19 bits per heavy atom. The molecule has 2 aromatic rings. The fourth-order valence-electron chi connectivity index (χ4n) is 2.66. The minimum atomic E-state index is -0.863. The Bertz CT molecular complexity index is 940. The third kappa shape index (κ3) is 2.97. The molecule has 0 unspecified atom stereocenters. The average molecular weight is 355 g/mol.